The van der Waals surface area contributed by atoms with Gasteiger partial charge in [-0.25, -0.2) is 0 Å². The van der Waals surface area contributed by atoms with Gasteiger partial charge in [0.2, 0.25) is 5.78 Å². The van der Waals surface area contributed by atoms with Gasteiger partial charge in [-0.1, -0.05) is 6.07 Å². The van der Waals surface area contributed by atoms with Crippen LogP contribution in [0.1, 0.15) is 16.7 Å². The van der Waals surface area contributed by atoms with Crippen molar-refractivity contribution in [2.75, 3.05) is 20.2 Å². The Morgan fingerprint density at radius 3 is 2.39 bits per heavy atom. The molecular formula is C18H21NO4. The summed E-state index contributed by atoms with van der Waals surface area (Å²) in [5.74, 6) is -0.211. The maximum Gasteiger partial charge on any atom is 0.202 e. The number of likely N-dealkylation sites (N-methyl/N-ethyl adjacent to an activating group) is 1. The number of nitrogens with zero attached hydrogens (tertiary/aromatic N) is 1. The number of aromatic hydroxyl groups is 1. The highest BCUT2D eigenvalue weighted by atomic mass is 16.3. The fraction of sp³-hybridized carbons (Fsp3) is 0.333. The number of rotatable bonds is 5. The Hall–Kier alpha value is -2.40. The van der Waals surface area contributed by atoms with Gasteiger partial charge in [0.25, 0.3) is 0 Å². The molecule has 0 spiro atoms. The number of aliphatic hydroxyl groups excluding tert-OH is 1. The third-order valence-electron chi connectivity index (χ3n) is 4.02. The number of benzene rings is 1. The van der Waals surface area contributed by atoms with E-state index in [1.807, 2.05) is 13.0 Å². The molecule has 0 aromatic heterocycles. The van der Waals surface area contributed by atoms with Gasteiger partial charge in [-0.05, 0) is 42.7 Å². The first kappa shape index (κ1) is 17.0. The van der Waals surface area contributed by atoms with Crippen LogP contribution < -0.4 is 0 Å². The molecule has 5 nitrogen and oxygen atoms in total. The normalized spacial score (nSPS) is 14.6. The monoisotopic (exact) mass is 315 g/mol. The predicted molar refractivity (Wildman–Crippen MR) is 87.2 cm³/mol. The van der Waals surface area contributed by atoms with Crippen LogP contribution in [-0.4, -0.2) is 46.9 Å². The zero-order chi connectivity index (χ0) is 17.1. The molecule has 122 valence electrons. The van der Waals surface area contributed by atoms with E-state index in [0.29, 0.717) is 24.2 Å². The molecule has 0 fully saturated rings. The molecule has 2 rings (SSSR count). The van der Waals surface area contributed by atoms with E-state index in [0.717, 1.165) is 16.7 Å². The molecule has 0 bridgehead atoms. The Kier molecular flexibility index (Phi) is 5.01. The quantitative estimate of drug-likeness (QED) is 0.804. The van der Waals surface area contributed by atoms with E-state index in [9.17, 15) is 14.7 Å². The van der Waals surface area contributed by atoms with Crippen LogP contribution in [0, 0.1) is 13.8 Å². The van der Waals surface area contributed by atoms with Crippen LogP contribution in [0.5, 0.6) is 5.75 Å². The smallest absolute Gasteiger partial charge is 0.202 e. The van der Waals surface area contributed by atoms with Gasteiger partial charge in [0.15, 0.2) is 5.78 Å². The Bertz CT molecular complexity index is 716. The van der Waals surface area contributed by atoms with Crippen molar-refractivity contribution >= 4 is 11.6 Å². The second kappa shape index (κ2) is 6.79. The third-order valence-corrected chi connectivity index (χ3v) is 4.02. The molecule has 23 heavy (non-hydrogen) atoms. The van der Waals surface area contributed by atoms with Crippen LogP contribution in [0.4, 0.5) is 0 Å². The molecule has 1 aliphatic rings. The van der Waals surface area contributed by atoms with Crippen molar-refractivity contribution in [3.8, 4) is 5.75 Å². The summed E-state index contributed by atoms with van der Waals surface area (Å²) in [6, 6.07) is 3.50. The van der Waals surface area contributed by atoms with Gasteiger partial charge in [-0.3, -0.25) is 9.59 Å². The molecule has 0 saturated heterocycles. The molecule has 0 saturated carbocycles. The van der Waals surface area contributed by atoms with E-state index in [4.69, 9.17) is 5.11 Å². The average molecular weight is 315 g/mol. The summed E-state index contributed by atoms with van der Waals surface area (Å²) in [6.45, 7) is 3.87. The zero-order valence-electron chi connectivity index (χ0n) is 13.6. The maximum atomic E-state index is 12.3. The third kappa shape index (κ3) is 3.68. The first-order chi connectivity index (χ1) is 10.8. The number of hydrogen-bond donors (Lipinski definition) is 2. The van der Waals surface area contributed by atoms with Gasteiger partial charge >= 0.3 is 0 Å². The Morgan fingerprint density at radius 2 is 1.74 bits per heavy atom. The fourth-order valence-electron chi connectivity index (χ4n) is 2.55. The van der Waals surface area contributed by atoms with Crippen molar-refractivity contribution in [3.63, 3.8) is 0 Å². The Morgan fingerprint density at radius 1 is 1.04 bits per heavy atom. The highest BCUT2D eigenvalue weighted by Crippen LogP contribution is 2.25. The van der Waals surface area contributed by atoms with E-state index in [2.05, 4.69) is 0 Å². The lowest BCUT2D eigenvalue weighted by atomic mass is 9.92. The molecule has 2 N–H and O–H groups in total. The summed E-state index contributed by atoms with van der Waals surface area (Å²) >= 11 is 0. The Labute approximate surface area is 135 Å². The summed E-state index contributed by atoms with van der Waals surface area (Å²) in [7, 11) is 1.67. The second-order valence-corrected chi connectivity index (χ2v) is 5.81. The highest BCUT2D eigenvalue weighted by Gasteiger charge is 2.23. The first-order valence-electron chi connectivity index (χ1n) is 7.45. The number of ketones is 2. The van der Waals surface area contributed by atoms with E-state index < -0.39 is 0 Å². The molecule has 0 unspecified atom stereocenters. The molecule has 0 amide bonds. The van der Waals surface area contributed by atoms with Crippen LogP contribution in [0.15, 0.2) is 35.6 Å². The molecule has 1 aliphatic carbocycles. The number of hydrogen-bond acceptors (Lipinski definition) is 5. The van der Waals surface area contributed by atoms with Crippen molar-refractivity contribution in [2.24, 2.45) is 0 Å². The predicted octanol–water partition coefficient (Wildman–Crippen LogP) is 1.44. The van der Waals surface area contributed by atoms with E-state index in [1.165, 1.54) is 12.2 Å². The number of aryl methyl sites for hydroxylation is 2. The fourth-order valence-corrected chi connectivity index (χ4v) is 2.55. The number of phenols is 1. The van der Waals surface area contributed by atoms with Crippen molar-refractivity contribution in [1.82, 2.24) is 4.90 Å². The van der Waals surface area contributed by atoms with Crippen LogP contribution in [0.2, 0.25) is 0 Å². The minimum Gasteiger partial charge on any atom is -0.508 e. The number of carbonyl (C=O) groups excluding carboxylic acids is 2. The largest absolute Gasteiger partial charge is 0.508 e. The van der Waals surface area contributed by atoms with Gasteiger partial charge in [0, 0.05) is 31.7 Å². The summed E-state index contributed by atoms with van der Waals surface area (Å²) in [4.78, 5) is 26.1. The van der Waals surface area contributed by atoms with Crippen LogP contribution >= 0.6 is 0 Å². The minimum absolute atomic E-state index is 0.0855. The van der Waals surface area contributed by atoms with E-state index in [1.54, 1.807) is 24.9 Å². The van der Waals surface area contributed by atoms with Gasteiger partial charge in [-0.2, -0.15) is 0 Å². The molecule has 1 aromatic carbocycles. The van der Waals surface area contributed by atoms with E-state index >= 15 is 0 Å². The summed E-state index contributed by atoms with van der Waals surface area (Å²) in [5, 5.41) is 18.6. The van der Waals surface area contributed by atoms with Gasteiger partial charge in [-0.15, -0.1) is 0 Å². The summed E-state index contributed by atoms with van der Waals surface area (Å²) in [6.07, 6.45) is 3.05. The summed E-state index contributed by atoms with van der Waals surface area (Å²) < 4.78 is 0. The molecular weight excluding hydrogens is 294 g/mol. The maximum absolute atomic E-state index is 12.3. The highest BCUT2D eigenvalue weighted by molar-refractivity contribution is 6.19. The van der Waals surface area contributed by atoms with Gasteiger partial charge in [0.1, 0.15) is 5.75 Å². The lowest BCUT2D eigenvalue weighted by Gasteiger charge is -2.22. The molecule has 0 radical (unpaired) electrons. The van der Waals surface area contributed by atoms with Gasteiger partial charge in [0.05, 0.1) is 12.3 Å². The van der Waals surface area contributed by atoms with Crippen LogP contribution in [0.3, 0.4) is 0 Å². The molecule has 0 aliphatic heterocycles. The molecule has 5 heteroatoms. The van der Waals surface area contributed by atoms with Crippen LogP contribution in [-0.2, 0) is 16.0 Å². The second-order valence-electron chi connectivity index (χ2n) is 5.81. The lowest BCUT2D eigenvalue weighted by Crippen LogP contribution is -2.29. The number of aliphatic hydroxyl groups is 1. The average Bonchev–Trinajstić information content (AvgIpc) is 2.48. The SMILES string of the molecule is Cc1cc(CC2=CC(=O)C(N(C)CCO)=CC2=O)c(C)cc1O. The van der Waals surface area contributed by atoms with Crippen molar-refractivity contribution in [1.29, 1.82) is 0 Å². The Balaban J connectivity index is 2.24. The topological polar surface area (TPSA) is 77.8 Å². The van der Waals surface area contributed by atoms with Crippen LogP contribution in [0.25, 0.3) is 0 Å². The number of phenolic OH excluding ortho intramolecular Hbond substituents is 1. The molecule has 0 atom stereocenters. The zero-order valence-corrected chi connectivity index (χ0v) is 13.6. The number of allylic oxidation sites excluding steroid dienone is 3. The summed E-state index contributed by atoms with van der Waals surface area (Å²) in [5.41, 5.74) is 3.25. The first-order valence-corrected chi connectivity index (χ1v) is 7.45. The number of carbonyl (C=O) groups is 2. The van der Waals surface area contributed by atoms with Crippen molar-refractivity contribution in [3.05, 3.63) is 52.2 Å². The van der Waals surface area contributed by atoms with Gasteiger partial charge < -0.3 is 15.1 Å². The minimum atomic E-state index is -0.233. The molecule has 1 aromatic rings. The van der Waals surface area contributed by atoms with E-state index in [-0.39, 0.29) is 23.9 Å². The molecule has 0 heterocycles. The standard InChI is InChI=1S/C18H21NO4/c1-11-7-16(21)12(2)6-13(11)8-14-9-18(23)15(10-17(14)22)19(3)4-5-20/h6-7,9-10,20-21H,4-5,8H2,1-3H3. The van der Waals surface area contributed by atoms with Crippen molar-refractivity contribution in [2.45, 2.75) is 20.3 Å². The lowest BCUT2D eigenvalue weighted by molar-refractivity contribution is -0.116. The van der Waals surface area contributed by atoms with Crippen molar-refractivity contribution < 1.29 is 19.8 Å².